The van der Waals surface area contributed by atoms with Gasteiger partial charge < -0.3 is 15.2 Å². The fourth-order valence-electron chi connectivity index (χ4n) is 3.69. The third-order valence-corrected chi connectivity index (χ3v) is 5.23. The van der Waals surface area contributed by atoms with Crippen molar-refractivity contribution < 1.29 is 14.3 Å². The zero-order chi connectivity index (χ0) is 17.9. The number of piperazine rings is 1. The van der Waals surface area contributed by atoms with E-state index in [0.717, 1.165) is 38.3 Å². The summed E-state index contributed by atoms with van der Waals surface area (Å²) in [6.45, 7) is 5.03. The monoisotopic (exact) mass is 344 g/mol. The number of nitrogens with zero attached hydrogens (tertiary/aromatic N) is 3. The molecule has 0 radical (unpaired) electrons. The first-order valence-corrected chi connectivity index (χ1v) is 8.51. The van der Waals surface area contributed by atoms with E-state index in [0.29, 0.717) is 30.9 Å². The van der Waals surface area contributed by atoms with Crippen molar-refractivity contribution in [2.24, 2.45) is 5.73 Å². The molecule has 7 nitrogen and oxygen atoms in total. The number of benzene rings is 1. The van der Waals surface area contributed by atoms with Crippen molar-refractivity contribution >= 4 is 5.91 Å². The molecule has 2 aliphatic heterocycles. The van der Waals surface area contributed by atoms with Crippen LogP contribution in [0.5, 0.6) is 5.75 Å². The summed E-state index contributed by atoms with van der Waals surface area (Å²) in [7, 11) is 1.57. The largest absolute Gasteiger partial charge is 0.495 e. The van der Waals surface area contributed by atoms with E-state index in [-0.39, 0.29) is 5.91 Å². The summed E-state index contributed by atoms with van der Waals surface area (Å²) >= 11 is 0. The van der Waals surface area contributed by atoms with E-state index in [9.17, 15) is 10.1 Å². The number of hydrogen-bond donors (Lipinski definition) is 1. The second-order valence-electron chi connectivity index (χ2n) is 6.61. The third-order valence-electron chi connectivity index (χ3n) is 5.23. The second kappa shape index (κ2) is 7.40. The number of rotatable bonds is 5. The summed E-state index contributed by atoms with van der Waals surface area (Å²) in [5, 5.41) is 9.21. The molecule has 7 heteroatoms. The van der Waals surface area contributed by atoms with Gasteiger partial charge in [0.1, 0.15) is 17.4 Å². The summed E-state index contributed by atoms with van der Waals surface area (Å²) in [5.74, 6) is 0.313. The van der Waals surface area contributed by atoms with Crippen molar-refractivity contribution in [3.8, 4) is 11.8 Å². The topological polar surface area (TPSA) is 91.8 Å². The average molecular weight is 344 g/mol. The number of carbonyl (C=O) groups excluding carboxylic acids is 1. The first-order valence-electron chi connectivity index (χ1n) is 8.51. The fourth-order valence-corrected chi connectivity index (χ4v) is 3.69. The van der Waals surface area contributed by atoms with Gasteiger partial charge in [0, 0.05) is 45.8 Å². The van der Waals surface area contributed by atoms with Crippen LogP contribution in [0.15, 0.2) is 18.2 Å². The number of amides is 1. The molecule has 0 saturated carbocycles. The highest BCUT2D eigenvalue weighted by atomic mass is 16.5. The van der Waals surface area contributed by atoms with Crippen LogP contribution in [-0.2, 0) is 16.1 Å². The molecule has 1 unspecified atom stereocenters. The molecule has 3 rings (SSSR count). The quantitative estimate of drug-likeness (QED) is 0.828. The predicted octanol–water partition coefficient (Wildman–Crippen LogP) is 0.329. The summed E-state index contributed by atoms with van der Waals surface area (Å²) in [5.41, 5.74) is 6.66. The average Bonchev–Trinajstić information content (AvgIpc) is 3.13. The van der Waals surface area contributed by atoms with Gasteiger partial charge in [0.05, 0.1) is 19.3 Å². The Morgan fingerprint density at radius 1 is 1.40 bits per heavy atom. The van der Waals surface area contributed by atoms with Gasteiger partial charge in [-0.15, -0.1) is 0 Å². The van der Waals surface area contributed by atoms with Crippen LogP contribution in [0.3, 0.4) is 0 Å². The van der Waals surface area contributed by atoms with Crippen molar-refractivity contribution in [2.45, 2.75) is 18.5 Å². The van der Waals surface area contributed by atoms with Gasteiger partial charge in [-0.05, 0) is 17.7 Å². The molecule has 1 aromatic rings. The molecule has 134 valence electrons. The molecule has 2 aliphatic rings. The van der Waals surface area contributed by atoms with Crippen molar-refractivity contribution in [3.05, 3.63) is 29.3 Å². The zero-order valence-electron chi connectivity index (χ0n) is 14.5. The van der Waals surface area contributed by atoms with Crippen LogP contribution in [0, 0.1) is 11.3 Å². The maximum Gasteiger partial charge on any atom is 0.240 e. The maximum atomic E-state index is 12.0. The van der Waals surface area contributed by atoms with Crippen molar-refractivity contribution in [1.29, 1.82) is 5.26 Å². The Balaban J connectivity index is 1.61. The summed E-state index contributed by atoms with van der Waals surface area (Å²) < 4.78 is 10.6. The van der Waals surface area contributed by atoms with Crippen LogP contribution in [0.2, 0.25) is 0 Å². The van der Waals surface area contributed by atoms with Gasteiger partial charge in [0.15, 0.2) is 0 Å². The highest BCUT2D eigenvalue weighted by molar-refractivity contribution is 5.85. The normalized spacial score (nSPS) is 24.8. The van der Waals surface area contributed by atoms with Gasteiger partial charge in [0.2, 0.25) is 5.91 Å². The minimum Gasteiger partial charge on any atom is -0.495 e. The zero-order valence-corrected chi connectivity index (χ0v) is 14.5. The molecule has 0 bridgehead atoms. The highest BCUT2D eigenvalue weighted by Crippen LogP contribution is 2.28. The number of hydrogen-bond acceptors (Lipinski definition) is 6. The Morgan fingerprint density at radius 3 is 2.72 bits per heavy atom. The minimum atomic E-state index is -0.639. The lowest BCUT2D eigenvalue weighted by atomic mass is 9.94. The fraction of sp³-hybridized carbons (Fsp3) is 0.556. The predicted molar refractivity (Wildman–Crippen MR) is 91.9 cm³/mol. The first-order chi connectivity index (χ1) is 12.1. The van der Waals surface area contributed by atoms with Gasteiger partial charge in [-0.3, -0.25) is 14.6 Å². The van der Waals surface area contributed by atoms with Gasteiger partial charge >= 0.3 is 0 Å². The number of carbonyl (C=O) groups is 1. The van der Waals surface area contributed by atoms with E-state index in [4.69, 9.17) is 15.2 Å². The molecule has 2 N–H and O–H groups in total. The molecule has 2 fully saturated rings. The molecule has 2 saturated heterocycles. The lowest BCUT2D eigenvalue weighted by Gasteiger charge is -2.43. The number of primary amides is 1. The van der Waals surface area contributed by atoms with E-state index in [1.54, 1.807) is 7.11 Å². The van der Waals surface area contributed by atoms with Crippen LogP contribution in [0.1, 0.15) is 17.5 Å². The van der Waals surface area contributed by atoms with Crippen LogP contribution in [0.4, 0.5) is 0 Å². The SMILES string of the molecule is COc1ccc(CN2CCN(C3(C(N)=O)CCOC3)CC2)cc1C#N. The van der Waals surface area contributed by atoms with Crippen LogP contribution < -0.4 is 10.5 Å². The lowest BCUT2D eigenvalue weighted by Crippen LogP contribution is -2.63. The highest BCUT2D eigenvalue weighted by Gasteiger charge is 2.46. The van der Waals surface area contributed by atoms with E-state index >= 15 is 0 Å². The van der Waals surface area contributed by atoms with Crippen LogP contribution >= 0.6 is 0 Å². The molecular formula is C18H24N4O3. The Kier molecular flexibility index (Phi) is 5.23. The Morgan fingerprint density at radius 2 is 2.16 bits per heavy atom. The molecule has 2 heterocycles. The molecule has 25 heavy (non-hydrogen) atoms. The summed E-state index contributed by atoms with van der Waals surface area (Å²) in [4.78, 5) is 16.5. The molecule has 1 atom stereocenters. The van der Waals surface area contributed by atoms with E-state index in [1.165, 1.54) is 0 Å². The Labute approximate surface area is 147 Å². The second-order valence-corrected chi connectivity index (χ2v) is 6.61. The van der Waals surface area contributed by atoms with Gasteiger partial charge in [0.25, 0.3) is 0 Å². The van der Waals surface area contributed by atoms with Gasteiger partial charge in [-0.25, -0.2) is 0 Å². The minimum absolute atomic E-state index is 0.285. The van der Waals surface area contributed by atoms with Gasteiger partial charge in [-0.2, -0.15) is 5.26 Å². The smallest absolute Gasteiger partial charge is 0.240 e. The molecule has 0 aromatic heterocycles. The van der Waals surface area contributed by atoms with E-state index < -0.39 is 5.54 Å². The van der Waals surface area contributed by atoms with Crippen LogP contribution in [-0.4, -0.2) is 67.7 Å². The van der Waals surface area contributed by atoms with Gasteiger partial charge in [-0.1, -0.05) is 6.07 Å². The number of nitrogens with two attached hydrogens (primary N) is 1. The molecular weight excluding hydrogens is 320 g/mol. The first kappa shape index (κ1) is 17.7. The standard InChI is InChI=1S/C18H24N4O3/c1-24-16-3-2-14(10-15(16)11-19)12-21-5-7-22(8-6-21)18(17(20)23)4-9-25-13-18/h2-3,10H,4-9,12-13H2,1H3,(H2,20,23). The molecule has 0 spiro atoms. The summed E-state index contributed by atoms with van der Waals surface area (Å²) in [6, 6.07) is 7.87. The van der Waals surface area contributed by atoms with Crippen LogP contribution in [0.25, 0.3) is 0 Å². The third kappa shape index (κ3) is 3.47. The van der Waals surface area contributed by atoms with E-state index in [1.807, 2.05) is 18.2 Å². The molecule has 1 amide bonds. The summed E-state index contributed by atoms with van der Waals surface area (Å²) in [6.07, 6.45) is 0.673. The lowest BCUT2D eigenvalue weighted by molar-refractivity contribution is -0.132. The van der Waals surface area contributed by atoms with E-state index in [2.05, 4.69) is 15.9 Å². The Bertz CT molecular complexity index is 671. The van der Waals surface area contributed by atoms with Crippen molar-refractivity contribution in [1.82, 2.24) is 9.80 Å². The van der Waals surface area contributed by atoms with Crippen molar-refractivity contribution in [3.63, 3.8) is 0 Å². The van der Waals surface area contributed by atoms with Crippen molar-refractivity contribution in [2.75, 3.05) is 46.5 Å². The number of ether oxygens (including phenoxy) is 2. The number of nitriles is 1. The maximum absolute atomic E-state index is 12.0. The molecule has 1 aromatic carbocycles. The number of methoxy groups -OCH3 is 1. The molecule has 0 aliphatic carbocycles. The Hall–Kier alpha value is -2.14.